The van der Waals surface area contributed by atoms with Gasteiger partial charge in [-0.25, -0.2) is 0 Å². The molecule has 0 fully saturated rings. The summed E-state index contributed by atoms with van der Waals surface area (Å²) in [7, 11) is 1.60. The van der Waals surface area contributed by atoms with Crippen molar-refractivity contribution in [2.45, 2.75) is 13.3 Å². The lowest BCUT2D eigenvalue weighted by Crippen LogP contribution is -2.04. The summed E-state index contributed by atoms with van der Waals surface area (Å²) in [5.74, 6) is 1.47. The van der Waals surface area contributed by atoms with Gasteiger partial charge < -0.3 is 9.15 Å². The molecule has 94 valence electrons. The number of aryl methyl sites for hydroxylation is 1. The number of furan rings is 1. The van der Waals surface area contributed by atoms with Gasteiger partial charge in [0.15, 0.2) is 5.78 Å². The Labute approximate surface area is 114 Å². The number of methoxy groups -OCH3 is 1. The van der Waals surface area contributed by atoms with Gasteiger partial charge >= 0.3 is 0 Å². The first-order valence-corrected chi connectivity index (χ1v) is 6.30. The number of Topliss-reactive ketones (excluding diaryl/α,β-unsaturated/α-hetero) is 1. The molecule has 0 spiro atoms. The number of carbonyl (C=O) groups excluding carboxylic acids is 1. The second-order valence-corrected chi connectivity index (χ2v) is 4.92. The zero-order valence-electron chi connectivity index (χ0n) is 10.2. The van der Waals surface area contributed by atoms with Gasteiger partial charge in [0.05, 0.1) is 12.7 Å². The Bertz CT molecular complexity index is 572. The number of halogens is 1. The van der Waals surface area contributed by atoms with E-state index in [9.17, 15) is 4.79 Å². The molecule has 0 N–H and O–H groups in total. The first kappa shape index (κ1) is 12.9. The maximum absolute atomic E-state index is 12.1. The summed E-state index contributed by atoms with van der Waals surface area (Å²) in [5.41, 5.74) is 1.45. The van der Waals surface area contributed by atoms with Crippen molar-refractivity contribution in [3.05, 3.63) is 51.9 Å². The monoisotopic (exact) mass is 308 g/mol. The molecule has 0 bridgehead atoms. The number of ketones is 1. The van der Waals surface area contributed by atoms with Crippen LogP contribution in [-0.2, 0) is 6.42 Å². The molecule has 0 aliphatic heterocycles. The Kier molecular flexibility index (Phi) is 3.87. The second kappa shape index (κ2) is 5.40. The summed E-state index contributed by atoms with van der Waals surface area (Å²) in [5, 5.41) is 0. The molecule has 0 saturated heterocycles. The van der Waals surface area contributed by atoms with E-state index in [0.29, 0.717) is 17.7 Å². The number of hydrogen-bond donors (Lipinski definition) is 0. The Balaban J connectivity index is 2.23. The van der Waals surface area contributed by atoms with Crippen molar-refractivity contribution >= 4 is 21.7 Å². The summed E-state index contributed by atoms with van der Waals surface area (Å²) in [4.78, 5) is 12.1. The smallest absolute Gasteiger partial charge is 0.170 e. The second-order valence-electron chi connectivity index (χ2n) is 4.00. The third kappa shape index (κ3) is 2.82. The molecule has 0 aliphatic rings. The van der Waals surface area contributed by atoms with Crippen LogP contribution in [0.15, 0.2) is 39.4 Å². The molecule has 0 saturated carbocycles. The predicted octanol–water partition coefficient (Wildman–Crippen LogP) is 3.78. The highest BCUT2D eigenvalue weighted by molar-refractivity contribution is 9.10. The molecule has 4 heteroatoms. The largest absolute Gasteiger partial charge is 0.496 e. The highest BCUT2D eigenvalue weighted by Crippen LogP contribution is 2.24. The predicted molar refractivity (Wildman–Crippen MR) is 72.2 cm³/mol. The van der Waals surface area contributed by atoms with E-state index >= 15 is 0 Å². The first-order chi connectivity index (χ1) is 8.60. The van der Waals surface area contributed by atoms with Gasteiger partial charge in [-0.1, -0.05) is 15.9 Å². The molecular formula is C14H13BrO3. The summed E-state index contributed by atoms with van der Waals surface area (Å²) < 4.78 is 11.3. The van der Waals surface area contributed by atoms with Crippen LogP contribution in [0.5, 0.6) is 5.75 Å². The van der Waals surface area contributed by atoms with E-state index in [0.717, 1.165) is 15.8 Å². The van der Waals surface area contributed by atoms with Gasteiger partial charge in [-0.2, -0.15) is 0 Å². The van der Waals surface area contributed by atoms with Crippen molar-refractivity contribution in [3.8, 4) is 5.75 Å². The van der Waals surface area contributed by atoms with Crippen LogP contribution in [0.2, 0.25) is 0 Å². The fraction of sp³-hybridized carbons (Fsp3) is 0.214. The van der Waals surface area contributed by atoms with Crippen LogP contribution < -0.4 is 4.74 Å². The third-order valence-electron chi connectivity index (χ3n) is 2.65. The van der Waals surface area contributed by atoms with Gasteiger partial charge in [0.2, 0.25) is 0 Å². The average Bonchev–Trinajstić information content (AvgIpc) is 2.76. The van der Waals surface area contributed by atoms with Gasteiger partial charge in [-0.05, 0) is 31.2 Å². The molecule has 0 unspecified atom stereocenters. The molecule has 1 heterocycles. The fourth-order valence-electron chi connectivity index (χ4n) is 1.75. The normalized spacial score (nSPS) is 10.4. The minimum Gasteiger partial charge on any atom is -0.496 e. The van der Waals surface area contributed by atoms with E-state index in [1.807, 2.05) is 25.1 Å². The standard InChI is InChI=1S/C14H13BrO3/c1-9-5-11(8-18-9)13(16)7-10-6-12(15)3-4-14(10)17-2/h3-6,8H,7H2,1-2H3. The van der Waals surface area contributed by atoms with Crippen molar-refractivity contribution in [2.24, 2.45) is 0 Å². The van der Waals surface area contributed by atoms with E-state index in [2.05, 4.69) is 15.9 Å². The summed E-state index contributed by atoms with van der Waals surface area (Å²) >= 11 is 3.39. The summed E-state index contributed by atoms with van der Waals surface area (Å²) in [6, 6.07) is 7.36. The Morgan fingerprint density at radius 3 is 2.78 bits per heavy atom. The highest BCUT2D eigenvalue weighted by atomic mass is 79.9. The summed E-state index contributed by atoms with van der Waals surface area (Å²) in [6.07, 6.45) is 1.78. The van der Waals surface area contributed by atoms with Crippen LogP contribution in [-0.4, -0.2) is 12.9 Å². The molecule has 1 aromatic heterocycles. The fourth-order valence-corrected chi connectivity index (χ4v) is 2.16. The lowest BCUT2D eigenvalue weighted by atomic mass is 10.0. The molecule has 18 heavy (non-hydrogen) atoms. The Morgan fingerprint density at radius 1 is 1.39 bits per heavy atom. The lowest BCUT2D eigenvalue weighted by Gasteiger charge is -2.07. The minimum absolute atomic E-state index is 0.0169. The SMILES string of the molecule is COc1ccc(Br)cc1CC(=O)c1coc(C)c1. The molecule has 0 aliphatic carbocycles. The molecule has 0 radical (unpaired) electrons. The van der Waals surface area contributed by atoms with E-state index in [1.54, 1.807) is 13.2 Å². The topological polar surface area (TPSA) is 39.4 Å². The Hall–Kier alpha value is -1.55. The van der Waals surface area contributed by atoms with Crippen LogP contribution >= 0.6 is 15.9 Å². The van der Waals surface area contributed by atoms with Crippen LogP contribution in [0.25, 0.3) is 0 Å². The van der Waals surface area contributed by atoms with Crippen LogP contribution in [0, 0.1) is 6.92 Å². The van der Waals surface area contributed by atoms with Crippen molar-refractivity contribution < 1.29 is 13.9 Å². The summed E-state index contributed by atoms with van der Waals surface area (Å²) in [6.45, 7) is 1.82. The molecule has 2 aromatic rings. The van der Waals surface area contributed by atoms with Crippen LogP contribution in [0.1, 0.15) is 21.7 Å². The van der Waals surface area contributed by atoms with Crippen LogP contribution in [0.4, 0.5) is 0 Å². The number of carbonyl (C=O) groups is 1. The molecule has 0 atom stereocenters. The maximum Gasteiger partial charge on any atom is 0.170 e. The Morgan fingerprint density at radius 2 is 2.17 bits per heavy atom. The van der Waals surface area contributed by atoms with Crippen LogP contribution in [0.3, 0.4) is 0 Å². The van der Waals surface area contributed by atoms with Gasteiger partial charge in [-0.15, -0.1) is 0 Å². The number of hydrogen-bond acceptors (Lipinski definition) is 3. The first-order valence-electron chi connectivity index (χ1n) is 5.51. The van der Waals surface area contributed by atoms with E-state index < -0.39 is 0 Å². The molecule has 3 nitrogen and oxygen atoms in total. The number of ether oxygens (including phenoxy) is 1. The quantitative estimate of drug-likeness (QED) is 0.807. The van der Waals surface area contributed by atoms with E-state index in [4.69, 9.17) is 9.15 Å². The van der Waals surface area contributed by atoms with Crippen molar-refractivity contribution in [3.63, 3.8) is 0 Å². The van der Waals surface area contributed by atoms with Gasteiger partial charge in [0, 0.05) is 16.5 Å². The van der Waals surface area contributed by atoms with E-state index in [-0.39, 0.29) is 5.78 Å². The van der Waals surface area contributed by atoms with E-state index in [1.165, 1.54) is 6.26 Å². The average molecular weight is 309 g/mol. The van der Waals surface area contributed by atoms with Crippen molar-refractivity contribution in [2.75, 3.05) is 7.11 Å². The highest BCUT2D eigenvalue weighted by Gasteiger charge is 2.13. The zero-order chi connectivity index (χ0) is 13.1. The lowest BCUT2D eigenvalue weighted by molar-refractivity contribution is 0.0991. The molecule has 2 rings (SSSR count). The van der Waals surface area contributed by atoms with Crippen molar-refractivity contribution in [1.82, 2.24) is 0 Å². The molecular weight excluding hydrogens is 296 g/mol. The van der Waals surface area contributed by atoms with Gasteiger partial charge in [0.25, 0.3) is 0 Å². The number of benzene rings is 1. The van der Waals surface area contributed by atoms with Crippen molar-refractivity contribution in [1.29, 1.82) is 0 Å². The van der Waals surface area contributed by atoms with Gasteiger partial charge in [-0.3, -0.25) is 4.79 Å². The molecule has 1 aromatic carbocycles. The minimum atomic E-state index is 0.0169. The third-order valence-corrected chi connectivity index (χ3v) is 3.14. The zero-order valence-corrected chi connectivity index (χ0v) is 11.8. The number of rotatable bonds is 4. The molecule has 0 amide bonds. The van der Waals surface area contributed by atoms with Gasteiger partial charge in [0.1, 0.15) is 17.8 Å². The maximum atomic E-state index is 12.1.